The normalized spacial score (nSPS) is 11.3. The van der Waals surface area contributed by atoms with Crippen LogP contribution >= 0.6 is 0 Å². The van der Waals surface area contributed by atoms with Crippen LogP contribution in [0.3, 0.4) is 0 Å². The predicted molar refractivity (Wildman–Crippen MR) is 151 cm³/mol. The Labute approximate surface area is 229 Å². The van der Waals surface area contributed by atoms with Crippen LogP contribution in [0, 0.1) is 0 Å². The van der Waals surface area contributed by atoms with E-state index in [2.05, 4.69) is 10.6 Å². The van der Waals surface area contributed by atoms with Gasteiger partial charge in [0.05, 0.1) is 0 Å². The highest BCUT2D eigenvalue weighted by atomic mass is 16.5. The first-order valence-corrected chi connectivity index (χ1v) is 12.9. The second-order valence-electron chi connectivity index (χ2n) is 9.06. The van der Waals surface area contributed by atoms with Crippen molar-refractivity contribution in [3.05, 3.63) is 137 Å². The van der Waals surface area contributed by atoms with Crippen LogP contribution in [0.25, 0.3) is 0 Å². The molecule has 0 aromatic heterocycles. The predicted octanol–water partition coefficient (Wildman–Crippen LogP) is 5.05. The first kappa shape index (κ1) is 27.4. The summed E-state index contributed by atoms with van der Waals surface area (Å²) in [6.07, 6.45) is 0.115. The van der Waals surface area contributed by atoms with Crippen LogP contribution in [0.1, 0.15) is 33.9 Å². The molecule has 4 N–H and O–H groups in total. The molecule has 0 spiro atoms. The molecule has 1 atom stereocenters. The molecular formula is C32H33N3O4. The number of ether oxygens (including phenoxy) is 2. The zero-order valence-corrected chi connectivity index (χ0v) is 21.7. The van der Waals surface area contributed by atoms with Gasteiger partial charge in [0.25, 0.3) is 0 Å². The van der Waals surface area contributed by atoms with E-state index in [0.29, 0.717) is 31.0 Å². The molecule has 7 heteroatoms. The Bertz CT molecular complexity index is 1310. The maximum atomic E-state index is 13.3. The summed E-state index contributed by atoms with van der Waals surface area (Å²) in [5.41, 5.74) is 10.2. The quantitative estimate of drug-likeness (QED) is 0.241. The summed E-state index contributed by atoms with van der Waals surface area (Å²) >= 11 is 0. The maximum Gasteiger partial charge on any atom is 0.408 e. The molecule has 200 valence electrons. The van der Waals surface area contributed by atoms with Crippen molar-refractivity contribution in [2.45, 2.75) is 32.2 Å². The Kier molecular flexibility index (Phi) is 10.1. The molecule has 2 amide bonds. The highest BCUT2D eigenvalue weighted by Crippen LogP contribution is 2.20. The molecule has 0 saturated carbocycles. The molecule has 0 aliphatic rings. The maximum absolute atomic E-state index is 13.3. The van der Waals surface area contributed by atoms with Gasteiger partial charge in [0.2, 0.25) is 5.91 Å². The number of carbonyl (C=O) groups excluding carboxylic acids is 2. The average molecular weight is 524 g/mol. The van der Waals surface area contributed by atoms with Crippen molar-refractivity contribution in [1.29, 1.82) is 0 Å². The van der Waals surface area contributed by atoms with E-state index < -0.39 is 12.1 Å². The number of benzene rings is 4. The third-order valence-corrected chi connectivity index (χ3v) is 6.12. The number of hydrogen-bond acceptors (Lipinski definition) is 5. The van der Waals surface area contributed by atoms with Gasteiger partial charge in [-0.25, -0.2) is 4.79 Å². The van der Waals surface area contributed by atoms with E-state index in [1.807, 2.05) is 84.9 Å². The van der Waals surface area contributed by atoms with Gasteiger partial charge in [-0.05, 0) is 52.9 Å². The van der Waals surface area contributed by atoms with E-state index >= 15 is 0 Å². The van der Waals surface area contributed by atoms with Crippen molar-refractivity contribution in [1.82, 2.24) is 10.6 Å². The molecule has 0 bridgehead atoms. The summed E-state index contributed by atoms with van der Waals surface area (Å²) in [5, 5.41) is 5.64. The summed E-state index contributed by atoms with van der Waals surface area (Å²) in [6, 6.07) is 33.3. The van der Waals surface area contributed by atoms with Crippen molar-refractivity contribution in [3.8, 4) is 5.75 Å². The largest absolute Gasteiger partial charge is 0.489 e. The molecule has 7 nitrogen and oxygen atoms in total. The first-order chi connectivity index (χ1) is 19.1. The molecule has 4 aromatic carbocycles. The second-order valence-corrected chi connectivity index (χ2v) is 9.06. The smallest absolute Gasteiger partial charge is 0.408 e. The third-order valence-electron chi connectivity index (χ3n) is 6.12. The Hall–Kier alpha value is -4.62. The van der Waals surface area contributed by atoms with Crippen molar-refractivity contribution in [2.24, 2.45) is 5.73 Å². The Morgan fingerprint density at radius 3 is 1.90 bits per heavy atom. The fraction of sp³-hybridized carbons (Fsp3) is 0.188. The number of carbonyl (C=O) groups is 2. The van der Waals surface area contributed by atoms with Gasteiger partial charge in [-0.1, -0.05) is 97.1 Å². The first-order valence-electron chi connectivity index (χ1n) is 12.9. The van der Waals surface area contributed by atoms with Crippen LogP contribution in [0.4, 0.5) is 4.79 Å². The SMILES string of the molecule is NCCc1ccc(CNC(=O)[C@@H](NC(=O)OCc2ccccc2)c2ccc(OCc3ccccc3)cc2)cc1. The molecule has 0 aliphatic carbocycles. The van der Waals surface area contributed by atoms with Gasteiger partial charge in [-0.3, -0.25) is 4.79 Å². The monoisotopic (exact) mass is 523 g/mol. The zero-order chi connectivity index (χ0) is 27.3. The molecule has 4 aromatic rings. The number of nitrogens with two attached hydrogens (primary N) is 1. The highest BCUT2D eigenvalue weighted by molar-refractivity contribution is 5.86. The Balaban J connectivity index is 1.41. The minimum absolute atomic E-state index is 0.0996. The van der Waals surface area contributed by atoms with Gasteiger partial charge in [0.1, 0.15) is 25.0 Å². The Morgan fingerprint density at radius 1 is 0.692 bits per heavy atom. The van der Waals surface area contributed by atoms with E-state index in [-0.39, 0.29) is 12.5 Å². The molecule has 0 heterocycles. The zero-order valence-electron chi connectivity index (χ0n) is 21.7. The van der Waals surface area contributed by atoms with Crippen molar-refractivity contribution >= 4 is 12.0 Å². The van der Waals surface area contributed by atoms with Crippen LogP contribution in [0.5, 0.6) is 5.75 Å². The van der Waals surface area contributed by atoms with E-state index in [9.17, 15) is 9.59 Å². The summed E-state index contributed by atoms with van der Waals surface area (Å²) in [5.74, 6) is 0.307. The van der Waals surface area contributed by atoms with Crippen LogP contribution < -0.4 is 21.1 Å². The summed E-state index contributed by atoms with van der Waals surface area (Å²) in [6.45, 7) is 1.43. The van der Waals surface area contributed by atoms with Gasteiger partial charge < -0.3 is 25.8 Å². The molecule has 0 aliphatic heterocycles. The molecule has 0 fully saturated rings. The second kappa shape index (κ2) is 14.4. The number of alkyl carbamates (subject to hydrolysis) is 1. The van der Waals surface area contributed by atoms with E-state index in [0.717, 1.165) is 28.7 Å². The summed E-state index contributed by atoms with van der Waals surface area (Å²) in [7, 11) is 0. The van der Waals surface area contributed by atoms with Crippen molar-refractivity contribution in [3.63, 3.8) is 0 Å². The highest BCUT2D eigenvalue weighted by Gasteiger charge is 2.23. The lowest BCUT2D eigenvalue weighted by Crippen LogP contribution is -2.40. The molecule has 0 radical (unpaired) electrons. The number of hydrogen-bond donors (Lipinski definition) is 3. The fourth-order valence-corrected chi connectivity index (χ4v) is 3.96. The van der Waals surface area contributed by atoms with Crippen LogP contribution in [-0.4, -0.2) is 18.5 Å². The average Bonchev–Trinajstić information content (AvgIpc) is 2.99. The number of amides is 2. The lowest BCUT2D eigenvalue weighted by atomic mass is 10.1. The number of rotatable bonds is 12. The van der Waals surface area contributed by atoms with Gasteiger partial charge in [-0.2, -0.15) is 0 Å². The Morgan fingerprint density at radius 2 is 1.28 bits per heavy atom. The van der Waals surface area contributed by atoms with Crippen LogP contribution in [-0.2, 0) is 35.7 Å². The molecule has 39 heavy (non-hydrogen) atoms. The van der Waals surface area contributed by atoms with Gasteiger partial charge >= 0.3 is 6.09 Å². The van der Waals surface area contributed by atoms with Gasteiger partial charge in [-0.15, -0.1) is 0 Å². The van der Waals surface area contributed by atoms with Crippen molar-refractivity contribution in [2.75, 3.05) is 6.54 Å². The lowest BCUT2D eigenvalue weighted by Gasteiger charge is -2.19. The third kappa shape index (κ3) is 8.72. The minimum Gasteiger partial charge on any atom is -0.489 e. The molecule has 0 unspecified atom stereocenters. The topological polar surface area (TPSA) is 103 Å². The van der Waals surface area contributed by atoms with E-state index in [4.69, 9.17) is 15.2 Å². The molecular weight excluding hydrogens is 490 g/mol. The summed E-state index contributed by atoms with van der Waals surface area (Å²) in [4.78, 5) is 25.9. The molecule has 0 saturated heterocycles. The lowest BCUT2D eigenvalue weighted by molar-refractivity contribution is -0.123. The van der Waals surface area contributed by atoms with Gasteiger partial charge in [0.15, 0.2) is 0 Å². The van der Waals surface area contributed by atoms with Gasteiger partial charge in [0, 0.05) is 6.54 Å². The number of nitrogens with one attached hydrogen (secondary N) is 2. The summed E-state index contributed by atoms with van der Waals surface area (Å²) < 4.78 is 11.2. The van der Waals surface area contributed by atoms with Crippen molar-refractivity contribution < 1.29 is 19.1 Å². The minimum atomic E-state index is -0.951. The van der Waals surface area contributed by atoms with E-state index in [1.165, 1.54) is 0 Å². The van der Waals surface area contributed by atoms with E-state index in [1.54, 1.807) is 24.3 Å². The van der Waals surface area contributed by atoms with Crippen LogP contribution in [0.15, 0.2) is 109 Å². The fourth-order valence-electron chi connectivity index (χ4n) is 3.96. The molecule has 4 rings (SSSR count). The van der Waals surface area contributed by atoms with Crippen LogP contribution in [0.2, 0.25) is 0 Å². The standard InChI is InChI=1S/C32H33N3O4/c33-20-19-24-11-13-25(14-12-24)21-34-31(36)30(35-32(37)39-23-27-9-5-2-6-10-27)28-15-17-29(18-16-28)38-22-26-7-3-1-4-8-26/h1-18,30H,19-23,33H2,(H,34,36)(H,35,37)/t30-/m0/s1.